The second-order valence-electron chi connectivity index (χ2n) is 13.1. The average molecular weight is 689 g/mol. The van der Waals surface area contributed by atoms with Crippen molar-refractivity contribution in [1.29, 1.82) is 0 Å². The second kappa shape index (κ2) is 14.4. The molecule has 9 nitrogen and oxygen atoms in total. The van der Waals surface area contributed by atoms with Crippen LogP contribution in [0.15, 0.2) is 47.4 Å². The summed E-state index contributed by atoms with van der Waals surface area (Å²) < 4.78 is 77.6. The minimum atomic E-state index is -4.46. The molecule has 0 radical (unpaired) electrons. The normalized spacial score (nSPS) is 20.7. The number of morpholine rings is 1. The number of nitrogens with one attached hydrogen (secondary N) is 2. The average Bonchev–Trinajstić information content (AvgIpc) is 3.37. The number of sulfone groups is 1. The zero-order valence-electron chi connectivity index (χ0n) is 27.7. The highest BCUT2D eigenvalue weighted by atomic mass is 32.2. The molecule has 3 aromatic rings. The van der Waals surface area contributed by atoms with Crippen LogP contribution in [0.1, 0.15) is 52.1 Å². The van der Waals surface area contributed by atoms with Crippen LogP contribution >= 0.6 is 0 Å². The third-order valence-electron chi connectivity index (χ3n) is 9.13. The van der Waals surface area contributed by atoms with E-state index in [-0.39, 0.29) is 34.5 Å². The van der Waals surface area contributed by atoms with Crippen molar-refractivity contribution in [3.63, 3.8) is 0 Å². The van der Waals surface area contributed by atoms with Gasteiger partial charge < -0.3 is 24.7 Å². The molecule has 1 aromatic heterocycles. The summed E-state index contributed by atoms with van der Waals surface area (Å²) in [6.45, 7) is 7.79. The van der Waals surface area contributed by atoms with Gasteiger partial charge in [-0.3, -0.25) is 9.69 Å². The van der Waals surface area contributed by atoms with Gasteiger partial charge in [-0.05, 0) is 68.9 Å². The number of rotatable bonds is 9. The summed E-state index contributed by atoms with van der Waals surface area (Å²) in [7, 11) is -3.57. The molecule has 2 heterocycles. The van der Waals surface area contributed by atoms with Gasteiger partial charge in [0.15, 0.2) is 15.6 Å². The van der Waals surface area contributed by atoms with E-state index in [1.807, 2.05) is 6.07 Å². The number of aromatic nitrogens is 1. The number of anilines is 2. The van der Waals surface area contributed by atoms with E-state index < -0.39 is 34.4 Å². The molecule has 0 amide bonds. The number of alkyl halides is 3. The summed E-state index contributed by atoms with van der Waals surface area (Å²) in [6, 6.07) is 11.3. The van der Waals surface area contributed by atoms with E-state index in [1.165, 1.54) is 22.8 Å². The Morgan fingerprint density at radius 2 is 1.81 bits per heavy atom. The summed E-state index contributed by atoms with van der Waals surface area (Å²) in [5.74, 6) is 4.80. The highest BCUT2D eigenvalue weighted by Gasteiger charge is 2.37. The van der Waals surface area contributed by atoms with Crippen molar-refractivity contribution < 1.29 is 35.9 Å². The molecule has 0 spiro atoms. The van der Waals surface area contributed by atoms with Crippen LogP contribution in [-0.2, 0) is 25.9 Å². The Morgan fingerprint density at radius 3 is 2.46 bits per heavy atom. The Hall–Kier alpha value is -3.73. The number of benzene rings is 2. The van der Waals surface area contributed by atoms with Crippen LogP contribution in [0, 0.1) is 17.8 Å². The van der Waals surface area contributed by atoms with Gasteiger partial charge in [0.25, 0.3) is 0 Å². The van der Waals surface area contributed by atoms with Crippen molar-refractivity contribution in [1.82, 2.24) is 9.47 Å². The fourth-order valence-corrected chi connectivity index (χ4v) is 6.99. The number of halogens is 3. The first-order chi connectivity index (χ1) is 22.6. The number of fused-ring (bicyclic) bond motifs is 1. The van der Waals surface area contributed by atoms with Crippen molar-refractivity contribution in [3.8, 4) is 17.6 Å². The lowest BCUT2D eigenvalue weighted by molar-refractivity contribution is -0.140. The monoisotopic (exact) mass is 688 g/mol. The van der Waals surface area contributed by atoms with E-state index in [0.29, 0.717) is 16.6 Å². The maximum absolute atomic E-state index is 13.8. The van der Waals surface area contributed by atoms with Crippen LogP contribution in [0.5, 0.6) is 5.75 Å². The number of hydrogen-bond acceptors (Lipinski definition) is 8. The van der Waals surface area contributed by atoms with Gasteiger partial charge in [0.2, 0.25) is 0 Å². The lowest BCUT2D eigenvalue weighted by Gasteiger charge is -2.47. The highest BCUT2D eigenvalue weighted by molar-refractivity contribution is 7.90. The third-order valence-corrected chi connectivity index (χ3v) is 10.2. The first kappa shape index (κ1) is 35.6. The molecule has 2 N–H and O–H groups in total. The molecule has 0 bridgehead atoms. The van der Waals surface area contributed by atoms with Gasteiger partial charge in [-0.2, -0.15) is 13.2 Å². The maximum Gasteiger partial charge on any atom is 0.406 e. The van der Waals surface area contributed by atoms with E-state index in [1.54, 1.807) is 32.0 Å². The SMILES string of the molecule is CC(C)C(=O)Oc1cc(S(C)(=O)=O)ccc1NCC#Cc1cc2c(NC3CCC(C)(N4CCOCC4)CC3)cccc2n1CC(F)(F)F. The van der Waals surface area contributed by atoms with Gasteiger partial charge in [0, 0.05) is 48.1 Å². The molecule has 48 heavy (non-hydrogen) atoms. The van der Waals surface area contributed by atoms with Crippen LogP contribution < -0.4 is 15.4 Å². The molecule has 1 aliphatic carbocycles. The van der Waals surface area contributed by atoms with E-state index in [2.05, 4.69) is 34.3 Å². The first-order valence-electron chi connectivity index (χ1n) is 16.2. The lowest BCUT2D eigenvalue weighted by Crippen LogP contribution is -2.54. The number of ether oxygens (including phenoxy) is 2. The zero-order valence-corrected chi connectivity index (χ0v) is 28.6. The van der Waals surface area contributed by atoms with Crippen molar-refractivity contribution in [2.75, 3.05) is 49.7 Å². The van der Waals surface area contributed by atoms with Crippen LogP contribution in [0.25, 0.3) is 10.9 Å². The largest absolute Gasteiger partial charge is 0.424 e. The summed E-state index contributed by atoms with van der Waals surface area (Å²) >= 11 is 0. The summed E-state index contributed by atoms with van der Waals surface area (Å²) in [4.78, 5) is 14.8. The molecule has 260 valence electrons. The van der Waals surface area contributed by atoms with E-state index >= 15 is 0 Å². The molecule has 2 aliphatic rings. The first-order valence-corrected chi connectivity index (χ1v) is 18.1. The molecule has 13 heteroatoms. The van der Waals surface area contributed by atoms with Crippen LogP contribution in [0.4, 0.5) is 24.5 Å². The van der Waals surface area contributed by atoms with E-state index in [0.717, 1.165) is 63.9 Å². The maximum atomic E-state index is 13.8. The Morgan fingerprint density at radius 1 is 1.10 bits per heavy atom. The third kappa shape index (κ3) is 8.64. The standard InChI is InChI=1S/C35H43F3N4O5S/c1-24(2)33(43)47-32-22-27(48(4,44)45)10-11-30(32)39-16-6-7-26-21-28-29(8-5-9-31(28)42(26)23-35(36,37)38)40-25-12-14-34(3,15-13-25)41-17-19-46-20-18-41/h5,8-11,21-22,24-25,39-40H,12-20,23H2,1-4H3. The lowest BCUT2D eigenvalue weighted by atomic mass is 9.79. The highest BCUT2D eigenvalue weighted by Crippen LogP contribution is 2.37. The smallest absolute Gasteiger partial charge is 0.406 e. The zero-order chi connectivity index (χ0) is 34.7. The summed E-state index contributed by atoms with van der Waals surface area (Å²) in [5.41, 5.74) is 1.86. The molecular formula is C35H43F3N4O5S. The number of esters is 1. The van der Waals surface area contributed by atoms with Crippen LogP contribution in [0.3, 0.4) is 0 Å². The number of carbonyl (C=O) groups excluding carboxylic acids is 1. The number of hydrogen-bond donors (Lipinski definition) is 2. The number of carbonyl (C=O) groups is 1. The van der Waals surface area contributed by atoms with Gasteiger partial charge in [-0.15, -0.1) is 0 Å². The Kier molecular flexibility index (Phi) is 10.7. The van der Waals surface area contributed by atoms with E-state index in [4.69, 9.17) is 9.47 Å². The Labute approximate surface area is 280 Å². The second-order valence-corrected chi connectivity index (χ2v) is 15.2. The molecular weight excluding hydrogens is 645 g/mol. The van der Waals surface area contributed by atoms with Gasteiger partial charge >= 0.3 is 12.1 Å². The summed E-state index contributed by atoms with van der Waals surface area (Å²) in [5, 5.41) is 7.29. The van der Waals surface area contributed by atoms with Crippen LogP contribution in [-0.4, -0.2) is 80.7 Å². The topological polar surface area (TPSA) is 102 Å². The fraction of sp³-hybridized carbons (Fsp3) is 0.514. The molecule has 0 unspecified atom stereocenters. The molecule has 1 aliphatic heterocycles. The van der Waals surface area contributed by atoms with Crippen molar-refractivity contribution in [2.24, 2.45) is 5.92 Å². The van der Waals surface area contributed by atoms with Crippen LogP contribution in [0.2, 0.25) is 0 Å². The molecule has 5 rings (SSSR count). The molecule has 1 saturated carbocycles. The van der Waals surface area contributed by atoms with Crippen molar-refractivity contribution in [3.05, 3.63) is 48.2 Å². The Bertz CT molecular complexity index is 1800. The predicted molar refractivity (Wildman–Crippen MR) is 180 cm³/mol. The molecule has 1 saturated heterocycles. The van der Waals surface area contributed by atoms with E-state index in [9.17, 15) is 26.4 Å². The molecule has 0 atom stereocenters. The van der Waals surface area contributed by atoms with Gasteiger partial charge in [-0.25, -0.2) is 8.42 Å². The van der Waals surface area contributed by atoms with Crippen molar-refractivity contribution >= 4 is 38.1 Å². The van der Waals surface area contributed by atoms with Crippen molar-refractivity contribution in [2.45, 2.75) is 75.7 Å². The molecule has 2 fully saturated rings. The summed E-state index contributed by atoms with van der Waals surface area (Å²) in [6.07, 6.45) is 0.530. The predicted octanol–water partition coefficient (Wildman–Crippen LogP) is 6.08. The quantitative estimate of drug-likeness (QED) is 0.159. The van der Waals surface area contributed by atoms with Gasteiger partial charge in [0.1, 0.15) is 6.54 Å². The molecule has 2 aromatic carbocycles. The minimum absolute atomic E-state index is 0.00686. The van der Waals surface area contributed by atoms with Gasteiger partial charge in [-0.1, -0.05) is 25.8 Å². The minimum Gasteiger partial charge on any atom is -0.424 e. The Balaban J connectivity index is 1.35. The fourth-order valence-electron chi connectivity index (χ4n) is 6.35. The number of nitrogens with zero attached hydrogens (tertiary/aromatic N) is 2. The van der Waals surface area contributed by atoms with Gasteiger partial charge in [0.05, 0.1) is 47.5 Å².